The molecule has 2 fully saturated rings. The molecule has 2 aliphatic rings. The van der Waals surface area contributed by atoms with E-state index in [1.807, 2.05) is 25.7 Å². The van der Waals surface area contributed by atoms with Crippen LogP contribution in [0.2, 0.25) is 0 Å². The lowest BCUT2D eigenvalue weighted by Crippen LogP contribution is -2.52. The Morgan fingerprint density at radius 2 is 2.03 bits per heavy atom. The number of carbonyl (C=O) groups is 1. The van der Waals surface area contributed by atoms with Crippen molar-refractivity contribution in [3.05, 3.63) is 0 Å². The van der Waals surface area contributed by atoms with E-state index >= 15 is 0 Å². The SMILES string of the molecule is CN=C(NCCCOCC1CCOC1)NCC1CCCCN1C(=O)OC(C)(C)C.I. The van der Waals surface area contributed by atoms with Crippen LogP contribution in [0.1, 0.15) is 52.9 Å². The van der Waals surface area contributed by atoms with Gasteiger partial charge in [-0.3, -0.25) is 4.99 Å². The first kappa shape index (κ1) is 27.2. The van der Waals surface area contributed by atoms with E-state index in [-0.39, 0.29) is 36.1 Å². The van der Waals surface area contributed by atoms with E-state index in [0.717, 1.165) is 77.6 Å². The second kappa shape index (κ2) is 14.3. The maximum absolute atomic E-state index is 12.5. The molecule has 30 heavy (non-hydrogen) atoms. The van der Waals surface area contributed by atoms with Gasteiger partial charge in [0.25, 0.3) is 0 Å². The first-order valence-corrected chi connectivity index (χ1v) is 11.0. The normalized spacial score (nSPS) is 22.4. The highest BCUT2D eigenvalue weighted by Crippen LogP contribution is 2.20. The van der Waals surface area contributed by atoms with Gasteiger partial charge in [-0.15, -0.1) is 24.0 Å². The van der Waals surface area contributed by atoms with Crippen LogP contribution in [-0.2, 0) is 14.2 Å². The molecule has 0 aromatic rings. The van der Waals surface area contributed by atoms with Crippen LogP contribution in [0, 0.1) is 5.92 Å². The molecule has 2 N–H and O–H groups in total. The number of nitrogens with zero attached hydrogens (tertiary/aromatic N) is 2. The monoisotopic (exact) mass is 540 g/mol. The van der Waals surface area contributed by atoms with E-state index in [1.54, 1.807) is 7.05 Å². The summed E-state index contributed by atoms with van der Waals surface area (Å²) in [5.74, 6) is 1.31. The maximum atomic E-state index is 12.5. The van der Waals surface area contributed by atoms with Gasteiger partial charge >= 0.3 is 6.09 Å². The smallest absolute Gasteiger partial charge is 0.410 e. The van der Waals surface area contributed by atoms with Gasteiger partial charge in [0.05, 0.1) is 19.3 Å². The van der Waals surface area contributed by atoms with E-state index < -0.39 is 5.60 Å². The highest BCUT2D eigenvalue weighted by molar-refractivity contribution is 14.0. The lowest BCUT2D eigenvalue weighted by molar-refractivity contribution is 0.0104. The van der Waals surface area contributed by atoms with Crippen LogP contribution < -0.4 is 10.6 Å². The Hall–Kier alpha value is -0.810. The molecule has 2 heterocycles. The van der Waals surface area contributed by atoms with Crippen molar-refractivity contribution in [2.24, 2.45) is 10.9 Å². The van der Waals surface area contributed by atoms with Crippen molar-refractivity contribution < 1.29 is 19.0 Å². The highest BCUT2D eigenvalue weighted by atomic mass is 127. The lowest BCUT2D eigenvalue weighted by atomic mass is 10.0. The molecule has 0 saturated carbocycles. The molecule has 0 bridgehead atoms. The van der Waals surface area contributed by atoms with Gasteiger partial charge in [-0.05, 0) is 52.9 Å². The molecule has 0 radical (unpaired) electrons. The summed E-state index contributed by atoms with van der Waals surface area (Å²) < 4.78 is 16.7. The van der Waals surface area contributed by atoms with Crippen molar-refractivity contribution in [3.8, 4) is 0 Å². The number of ether oxygens (including phenoxy) is 3. The summed E-state index contributed by atoms with van der Waals surface area (Å²) in [6, 6.07) is 0.120. The predicted octanol–water partition coefficient (Wildman–Crippen LogP) is 3.00. The third-order valence-corrected chi connectivity index (χ3v) is 5.12. The highest BCUT2D eigenvalue weighted by Gasteiger charge is 2.30. The van der Waals surface area contributed by atoms with Gasteiger partial charge in [-0.1, -0.05) is 0 Å². The van der Waals surface area contributed by atoms with E-state index in [1.165, 1.54) is 0 Å². The van der Waals surface area contributed by atoms with Gasteiger partial charge in [0.1, 0.15) is 5.60 Å². The quantitative estimate of drug-likeness (QED) is 0.213. The number of piperidine rings is 1. The molecule has 9 heteroatoms. The first-order valence-electron chi connectivity index (χ1n) is 11.0. The van der Waals surface area contributed by atoms with Crippen LogP contribution in [0.25, 0.3) is 0 Å². The zero-order valence-corrected chi connectivity index (χ0v) is 21.4. The number of halogens is 1. The summed E-state index contributed by atoms with van der Waals surface area (Å²) in [4.78, 5) is 18.7. The summed E-state index contributed by atoms with van der Waals surface area (Å²) in [5.41, 5.74) is -0.475. The van der Waals surface area contributed by atoms with Gasteiger partial charge < -0.3 is 29.7 Å². The number of nitrogens with one attached hydrogen (secondary N) is 2. The van der Waals surface area contributed by atoms with E-state index in [4.69, 9.17) is 14.2 Å². The van der Waals surface area contributed by atoms with Crippen molar-refractivity contribution in [1.82, 2.24) is 15.5 Å². The van der Waals surface area contributed by atoms with Crippen molar-refractivity contribution in [2.75, 3.05) is 53.1 Å². The third kappa shape index (κ3) is 10.5. The molecule has 1 amide bonds. The van der Waals surface area contributed by atoms with Crippen molar-refractivity contribution in [2.45, 2.75) is 64.5 Å². The van der Waals surface area contributed by atoms with Gasteiger partial charge in [0.2, 0.25) is 0 Å². The van der Waals surface area contributed by atoms with Crippen LogP contribution in [0.3, 0.4) is 0 Å². The van der Waals surface area contributed by atoms with E-state index in [9.17, 15) is 4.79 Å². The fourth-order valence-corrected chi connectivity index (χ4v) is 3.55. The summed E-state index contributed by atoms with van der Waals surface area (Å²) in [6.45, 7) is 11.1. The number of likely N-dealkylation sites (tertiary alicyclic amines) is 1. The number of rotatable bonds is 8. The van der Waals surface area contributed by atoms with E-state index in [0.29, 0.717) is 12.5 Å². The Morgan fingerprint density at radius 1 is 1.23 bits per heavy atom. The van der Waals surface area contributed by atoms with Crippen LogP contribution in [0.15, 0.2) is 4.99 Å². The molecule has 2 atom stereocenters. The summed E-state index contributed by atoms with van der Waals surface area (Å²) in [5, 5.41) is 6.67. The van der Waals surface area contributed by atoms with Crippen molar-refractivity contribution in [3.63, 3.8) is 0 Å². The molecule has 0 aromatic heterocycles. The van der Waals surface area contributed by atoms with Crippen molar-refractivity contribution >= 4 is 36.0 Å². The van der Waals surface area contributed by atoms with Crippen molar-refractivity contribution in [1.29, 1.82) is 0 Å². The minimum absolute atomic E-state index is 0. The van der Waals surface area contributed by atoms with Crippen LogP contribution in [0.5, 0.6) is 0 Å². The Bertz CT molecular complexity index is 522. The molecule has 0 spiro atoms. The fourth-order valence-electron chi connectivity index (χ4n) is 3.55. The largest absolute Gasteiger partial charge is 0.444 e. The van der Waals surface area contributed by atoms with Crippen LogP contribution >= 0.6 is 24.0 Å². The Labute approximate surface area is 198 Å². The molecule has 0 aromatic carbocycles. The number of amides is 1. The summed E-state index contributed by atoms with van der Waals surface area (Å²) in [6.07, 6.45) is 4.92. The molecule has 2 saturated heterocycles. The second-order valence-electron chi connectivity index (χ2n) is 8.86. The molecule has 176 valence electrons. The number of hydrogen-bond acceptors (Lipinski definition) is 5. The molecular formula is C21H41IN4O4. The zero-order valence-electron chi connectivity index (χ0n) is 19.1. The molecule has 2 aliphatic heterocycles. The average Bonchev–Trinajstić information content (AvgIpc) is 3.19. The molecular weight excluding hydrogens is 499 g/mol. The van der Waals surface area contributed by atoms with Crippen LogP contribution in [-0.4, -0.2) is 81.7 Å². The maximum Gasteiger partial charge on any atom is 0.410 e. The van der Waals surface area contributed by atoms with Gasteiger partial charge in [0, 0.05) is 45.8 Å². The number of guanidine groups is 1. The fraction of sp³-hybridized carbons (Fsp3) is 0.905. The average molecular weight is 540 g/mol. The predicted molar refractivity (Wildman–Crippen MR) is 130 cm³/mol. The summed E-state index contributed by atoms with van der Waals surface area (Å²) >= 11 is 0. The second-order valence-corrected chi connectivity index (χ2v) is 8.86. The third-order valence-electron chi connectivity index (χ3n) is 5.12. The lowest BCUT2D eigenvalue weighted by Gasteiger charge is -2.37. The minimum Gasteiger partial charge on any atom is -0.444 e. The Kier molecular flexibility index (Phi) is 13.0. The van der Waals surface area contributed by atoms with Crippen LogP contribution in [0.4, 0.5) is 4.79 Å². The Morgan fingerprint density at radius 3 is 2.70 bits per heavy atom. The van der Waals surface area contributed by atoms with Gasteiger partial charge in [-0.25, -0.2) is 4.79 Å². The topological polar surface area (TPSA) is 84.4 Å². The molecule has 8 nitrogen and oxygen atoms in total. The standard InChI is InChI=1S/C21H40N4O4.HI/c1-21(2,3)29-20(26)25-11-6-5-8-18(25)14-24-19(22-4)23-10-7-12-27-15-17-9-13-28-16-17;/h17-18H,5-16H2,1-4H3,(H2,22,23,24);1H. The summed E-state index contributed by atoms with van der Waals surface area (Å²) in [7, 11) is 1.76. The number of carbonyl (C=O) groups excluding carboxylic acids is 1. The molecule has 2 rings (SSSR count). The first-order chi connectivity index (χ1) is 13.9. The molecule has 2 unspecified atom stereocenters. The van der Waals surface area contributed by atoms with Gasteiger partial charge in [-0.2, -0.15) is 0 Å². The zero-order chi connectivity index (χ0) is 21.1. The number of aliphatic imine (C=N–C) groups is 1. The van der Waals surface area contributed by atoms with Gasteiger partial charge in [0.15, 0.2) is 5.96 Å². The minimum atomic E-state index is -0.475. The Balaban J connectivity index is 0.00000450. The molecule has 0 aliphatic carbocycles. The number of hydrogen-bond donors (Lipinski definition) is 2. The van der Waals surface area contributed by atoms with E-state index in [2.05, 4.69) is 15.6 Å².